The number of halogens is 1. The maximum atomic E-state index is 11.7. The number of carbonyl (C=O) groups excluding carboxylic acids is 1. The molecule has 0 heterocycles. The third kappa shape index (κ3) is 3.56. The van der Waals surface area contributed by atoms with E-state index in [9.17, 15) is 4.79 Å². The van der Waals surface area contributed by atoms with Gasteiger partial charge in [-0.25, -0.2) is 0 Å². The molecular formula is C17H17ClO3. The SMILES string of the molecule is COC(=O)[C@H](C)c1cc(Cl)cc(-c2ccc(OC)cc2)c1. The van der Waals surface area contributed by atoms with Gasteiger partial charge in [0.05, 0.1) is 20.1 Å². The van der Waals surface area contributed by atoms with Crippen molar-refractivity contribution >= 4 is 17.6 Å². The number of hydrogen-bond acceptors (Lipinski definition) is 3. The number of hydrogen-bond donors (Lipinski definition) is 0. The van der Waals surface area contributed by atoms with Crippen molar-refractivity contribution in [3.05, 3.63) is 53.1 Å². The standard InChI is InChI=1S/C17H17ClO3/c1-11(17(19)21-3)13-8-14(10-15(18)9-13)12-4-6-16(20-2)7-5-12/h4-11H,1-3H3/t11-/m1/s1. The summed E-state index contributed by atoms with van der Waals surface area (Å²) in [6, 6.07) is 13.3. The lowest BCUT2D eigenvalue weighted by Gasteiger charge is -2.12. The molecule has 3 nitrogen and oxygen atoms in total. The molecule has 0 saturated carbocycles. The second-order valence-electron chi connectivity index (χ2n) is 4.75. The Labute approximate surface area is 129 Å². The largest absolute Gasteiger partial charge is 0.497 e. The van der Waals surface area contributed by atoms with E-state index in [1.54, 1.807) is 20.1 Å². The van der Waals surface area contributed by atoms with Crippen LogP contribution in [0, 0.1) is 0 Å². The minimum absolute atomic E-state index is 0.280. The van der Waals surface area contributed by atoms with E-state index in [-0.39, 0.29) is 11.9 Å². The van der Waals surface area contributed by atoms with Gasteiger partial charge in [0.1, 0.15) is 5.75 Å². The molecule has 0 aromatic heterocycles. The first-order valence-corrected chi connectivity index (χ1v) is 6.95. The predicted octanol–water partition coefficient (Wildman–Crippen LogP) is 4.29. The van der Waals surface area contributed by atoms with Crippen LogP contribution in [0.3, 0.4) is 0 Å². The topological polar surface area (TPSA) is 35.5 Å². The highest BCUT2D eigenvalue weighted by Crippen LogP contribution is 2.29. The molecule has 4 heteroatoms. The minimum atomic E-state index is -0.356. The van der Waals surface area contributed by atoms with Crippen molar-refractivity contribution in [1.82, 2.24) is 0 Å². The summed E-state index contributed by atoms with van der Waals surface area (Å²) in [6.07, 6.45) is 0. The van der Waals surface area contributed by atoms with Crippen molar-refractivity contribution in [2.24, 2.45) is 0 Å². The van der Waals surface area contributed by atoms with E-state index in [1.807, 2.05) is 36.4 Å². The number of methoxy groups -OCH3 is 2. The van der Waals surface area contributed by atoms with Gasteiger partial charge in [-0.1, -0.05) is 29.8 Å². The van der Waals surface area contributed by atoms with Crippen LogP contribution in [0.25, 0.3) is 11.1 Å². The van der Waals surface area contributed by atoms with Gasteiger partial charge in [-0.05, 0) is 47.9 Å². The molecule has 0 aliphatic heterocycles. The van der Waals surface area contributed by atoms with Crippen molar-refractivity contribution in [1.29, 1.82) is 0 Å². The molecule has 0 N–H and O–H groups in total. The summed E-state index contributed by atoms with van der Waals surface area (Å²) < 4.78 is 9.93. The molecule has 0 fully saturated rings. The molecule has 0 unspecified atom stereocenters. The summed E-state index contributed by atoms with van der Waals surface area (Å²) in [4.78, 5) is 11.7. The molecule has 2 rings (SSSR count). The summed E-state index contributed by atoms with van der Waals surface area (Å²) in [5.74, 6) is 0.160. The van der Waals surface area contributed by atoms with E-state index in [2.05, 4.69) is 0 Å². The molecular weight excluding hydrogens is 288 g/mol. The van der Waals surface area contributed by atoms with Crippen LogP contribution in [-0.4, -0.2) is 20.2 Å². The summed E-state index contributed by atoms with van der Waals surface area (Å²) in [7, 11) is 3.01. The zero-order valence-electron chi connectivity index (χ0n) is 12.2. The number of benzene rings is 2. The molecule has 2 aromatic carbocycles. The van der Waals surface area contributed by atoms with Gasteiger partial charge in [-0.2, -0.15) is 0 Å². The van der Waals surface area contributed by atoms with Crippen LogP contribution < -0.4 is 4.74 Å². The average molecular weight is 305 g/mol. The first-order valence-electron chi connectivity index (χ1n) is 6.58. The van der Waals surface area contributed by atoms with Crippen molar-refractivity contribution in [2.75, 3.05) is 14.2 Å². The Morgan fingerprint density at radius 2 is 1.71 bits per heavy atom. The van der Waals surface area contributed by atoms with E-state index in [4.69, 9.17) is 21.1 Å². The van der Waals surface area contributed by atoms with Gasteiger partial charge in [-0.3, -0.25) is 4.79 Å². The van der Waals surface area contributed by atoms with Crippen LogP contribution in [0.5, 0.6) is 5.75 Å². The number of carbonyl (C=O) groups is 1. The van der Waals surface area contributed by atoms with Crippen LogP contribution >= 0.6 is 11.6 Å². The molecule has 0 bridgehead atoms. The lowest BCUT2D eigenvalue weighted by molar-refractivity contribution is -0.141. The van der Waals surface area contributed by atoms with Gasteiger partial charge >= 0.3 is 5.97 Å². The maximum Gasteiger partial charge on any atom is 0.312 e. The second-order valence-corrected chi connectivity index (χ2v) is 5.18. The van der Waals surface area contributed by atoms with Crippen molar-refractivity contribution in [3.63, 3.8) is 0 Å². The number of esters is 1. The molecule has 0 amide bonds. The smallest absolute Gasteiger partial charge is 0.312 e. The molecule has 1 atom stereocenters. The molecule has 2 aromatic rings. The summed E-state index contributed by atoms with van der Waals surface area (Å²) in [6.45, 7) is 1.80. The van der Waals surface area contributed by atoms with Crippen molar-refractivity contribution in [3.8, 4) is 16.9 Å². The molecule has 0 spiro atoms. The number of ether oxygens (including phenoxy) is 2. The van der Waals surface area contributed by atoms with E-state index < -0.39 is 0 Å². The van der Waals surface area contributed by atoms with E-state index in [0.717, 1.165) is 22.4 Å². The third-order valence-electron chi connectivity index (χ3n) is 3.40. The van der Waals surface area contributed by atoms with Gasteiger partial charge in [0.15, 0.2) is 0 Å². The van der Waals surface area contributed by atoms with Gasteiger partial charge in [0, 0.05) is 5.02 Å². The first-order chi connectivity index (χ1) is 10.0. The third-order valence-corrected chi connectivity index (χ3v) is 3.62. The summed E-state index contributed by atoms with van der Waals surface area (Å²) in [5.41, 5.74) is 2.80. The van der Waals surface area contributed by atoms with E-state index in [1.165, 1.54) is 7.11 Å². The van der Waals surface area contributed by atoms with Gasteiger partial charge in [-0.15, -0.1) is 0 Å². The quantitative estimate of drug-likeness (QED) is 0.790. The Balaban J connectivity index is 2.40. The van der Waals surface area contributed by atoms with Gasteiger partial charge < -0.3 is 9.47 Å². The van der Waals surface area contributed by atoms with Crippen LogP contribution in [0.15, 0.2) is 42.5 Å². The molecule has 0 radical (unpaired) electrons. The Kier molecular flexibility index (Phi) is 4.86. The van der Waals surface area contributed by atoms with Crippen LogP contribution in [0.1, 0.15) is 18.4 Å². The normalized spacial score (nSPS) is 11.8. The highest BCUT2D eigenvalue weighted by atomic mass is 35.5. The van der Waals surface area contributed by atoms with E-state index >= 15 is 0 Å². The fourth-order valence-electron chi connectivity index (χ4n) is 2.13. The Hall–Kier alpha value is -2.00. The zero-order chi connectivity index (χ0) is 15.4. The molecule has 21 heavy (non-hydrogen) atoms. The molecule has 0 aliphatic rings. The van der Waals surface area contributed by atoms with Gasteiger partial charge in [0.25, 0.3) is 0 Å². The van der Waals surface area contributed by atoms with Crippen LogP contribution in [-0.2, 0) is 9.53 Å². The number of rotatable bonds is 4. The lowest BCUT2D eigenvalue weighted by atomic mass is 9.96. The zero-order valence-corrected chi connectivity index (χ0v) is 13.0. The first kappa shape index (κ1) is 15.4. The fraction of sp³-hybridized carbons (Fsp3) is 0.235. The second kappa shape index (κ2) is 6.64. The summed E-state index contributed by atoms with van der Waals surface area (Å²) >= 11 is 6.17. The van der Waals surface area contributed by atoms with Gasteiger partial charge in [0.2, 0.25) is 0 Å². The molecule has 0 aliphatic carbocycles. The predicted molar refractivity (Wildman–Crippen MR) is 83.9 cm³/mol. The van der Waals surface area contributed by atoms with E-state index in [0.29, 0.717) is 5.02 Å². The lowest BCUT2D eigenvalue weighted by Crippen LogP contribution is -2.10. The highest BCUT2D eigenvalue weighted by molar-refractivity contribution is 6.31. The summed E-state index contributed by atoms with van der Waals surface area (Å²) in [5, 5.41) is 0.592. The fourth-order valence-corrected chi connectivity index (χ4v) is 2.37. The van der Waals surface area contributed by atoms with Crippen molar-refractivity contribution < 1.29 is 14.3 Å². The minimum Gasteiger partial charge on any atom is -0.497 e. The molecule has 110 valence electrons. The van der Waals surface area contributed by atoms with Crippen LogP contribution in [0.4, 0.5) is 0 Å². The van der Waals surface area contributed by atoms with Crippen LogP contribution in [0.2, 0.25) is 5.02 Å². The monoisotopic (exact) mass is 304 g/mol. The Morgan fingerprint density at radius 1 is 1.05 bits per heavy atom. The van der Waals surface area contributed by atoms with Crippen molar-refractivity contribution in [2.45, 2.75) is 12.8 Å². The Morgan fingerprint density at radius 3 is 2.29 bits per heavy atom. The molecule has 0 saturated heterocycles. The maximum absolute atomic E-state index is 11.7. The highest BCUT2D eigenvalue weighted by Gasteiger charge is 2.17. The average Bonchev–Trinajstić information content (AvgIpc) is 2.52. The Bertz CT molecular complexity index is 635.